The molecule has 9 heteroatoms. The predicted octanol–water partition coefficient (Wildman–Crippen LogP) is 7.15. The van der Waals surface area contributed by atoms with Crippen molar-refractivity contribution in [3.63, 3.8) is 0 Å². The molecule has 4 aromatic carbocycles. The van der Waals surface area contributed by atoms with Crippen molar-refractivity contribution in [2.45, 2.75) is 43.7 Å². The van der Waals surface area contributed by atoms with Crippen LogP contribution in [0.2, 0.25) is 0 Å². The molecule has 0 saturated carbocycles. The topological polar surface area (TPSA) is 104 Å². The fourth-order valence-electron chi connectivity index (χ4n) is 5.79. The SMILES string of the molecule is CCN(Cc1cccc(S(=O)O)c1)c1ccc(C(=C2C=CC(=[N+](CC)Cc3cccc(C)c3)C=C2)c2ccc(O)cc2S(=O)[O-])cc1. The average Bonchev–Trinajstić information content (AvgIpc) is 3.07. The highest BCUT2D eigenvalue weighted by molar-refractivity contribution is 7.79. The molecule has 0 aromatic heterocycles. The molecular formula is C38H38N2O5S2. The van der Waals surface area contributed by atoms with Gasteiger partial charge in [0.05, 0.1) is 4.90 Å². The molecule has 1 aliphatic carbocycles. The van der Waals surface area contributed by atoms with E-state index in [9.17, 15) is 22.6 Å². The Bertz CT molecular complexity index is 1930. The Balaban J connectivity index is 1.54. The zero-order chi connectivity index (χ0) is 33.5. The highest BCUT2D eigenvalue weighted by Gasteiger charge is 2.19. The smallest absolute Gasteiger partial charge is 0.200 e. The lowest BCUT2D eigenvalue weighted by molar-refractivity contribution is -0.539. The lowest BCUT2D eigenvalue weighted by atomic mass is 9.90. The van der Waals surface area contributed by atoms with Gasteiger partial charge in [-0.3, -0.25) is 4.21 Å². The average molecular weight is 667 g/mol. The third-order valence-corrected chi connectivity index (χ3v) is 9.50. The molecule has 0 bridgehead atoms. The van der Waals surface area contributed by atoms with Gasteiger partial charge in [0.2, 0.25) is 0 Å². The van der Waals surface area contributed by atoms with Crippen molar-refractivity contribution in [3.8, 4) is 5.75 Å². The van der Waals surface area contributed by atoms with Gasteiger partial charge < -0.3 is 19.1 Å². The number of hydrogen-bond donors (Lipinski definition) is 2. The van der Waals surface area contributed by atoms with Gasteiger partial charge in [-0.2, -0.15) is 0 Å². The molecule has 2 N–H and O–H groups in total. The maximum absolute atomic E-state index is 12.4. The first-order valence-corrected chi connectivity index (χ1v) is 17.6. The lowest BCUT2D eigenvalue weighted by Crippen LogP contribution is -2.22. The van der Waals surface area contributed by atoms with Crippen LogP contribution >= 0.6 is 0 Å². The maximum Gasteiger partial charge on any atom is 0.200 e. The number of allylic oxidation sites excluding steroid dienone is 5. The second-order valence-electron chi connectivity index (χ2n) is 11.3. The Morgan fingerprint density at radius 1 is 0.851 bits per heavy atom. The van der Waals surface area contributed by atoms with E-state index in [2.05, 4.69) is 59.7 Å². The van der Waals surface area contributed by atoms with Crippen LogP contribution in [0, 0.1) is 6.92 Å². The van der Waals surface area contributed by atoms with Crippen LogP contribution in [0.4, 0.5) is 5.69 Å². The van der Waals surface area contributed by atoms with Gasteiger partial charge in [-0.15, -0.1) is 0 Å². The highest BCUT2D eigenvalue weighted by Crippen LogP contribution is 2.35. The molecule has 242 valence electrons. The van der Waals surface area contributed by atoms with Crippen LogP contribution in [0.25, 0.3) is 5.57 Å². The van der Waals surface area contributed by atoms with Crippen LogP contribution < -0.4 is 4.90 Å². The summed E-state index contributed by atoms with van der Waals surface area (Å²) in [6.07, 6.45) is 8.14. The number of phenols is 1. The number of aromatic hydroxyl groups is 1. The summed E-state index contributed by atoms with van der Waals surface area (Å²) in [4.78, 5) is 2.53. The number of rotatable bonds is 11. The standard InChI is InChI=1S/C38H38N2O5S2/c1-4-39(25-28-9-6-8-27(3)22-28)32-16-12-30(13-17-32)38(36-21-20-34(41)24-37(36)47(44)45)31-14-18-33(19-15-31)40(5-2)26-29-10-7-11-35(23-29)46(42)43/h6-24H,4-5,25-26H2,1-3H3,(H2,42,43,44,45). The summed E-state index contributed by atoms with van der Waals surface area (Å²) in [5, 5.41) is 10.1. The molecule has 0 saturated heterocycles. The fourth-order valence-corrected chi connectivity index (χ4v) is 6.80. The second-order valence-corrected chi connectivity index (χ2v) is 13.2. The van der Waals surface area contributed by atoms with Crippen molar-refractivity contribution in [2.24, 2.45) is 0 Å². The Morgan fingerprint density at radius 2 is 1.55 bits per heavy atom. The Morgan fingerprint density at radius 3 is 2.19 bits per heavy atom. The highest BCUT2D eigenvalue weighted by atomic mass is 32.2. The van der Waals surface area contributed by atoms with E-state index >= 15 is 0 Å². The third-order valence-electron chi connectivity index (χ3n) is 8.15. The molecule has 0 heterocycles. The summed E-state index contributed by atoms with van der Waals surface area (Å²) in [6.45, 7) is 9.10. The van der Waals surface area contributed by atoms with Crippen LogP contribution in [0.15, 0.2) is 131 Å². The van der Waals surface area contributed by atoms with Gasteiger partial charge in [-0.1, -0.05) is 48.0 Å². The number of phenolic OH excluding ortho intramolecular Hbond substituents is 1. The van der Waals surface area contributed by atoms with Crippen LogP contribution in [-0.4, -0.2) is 46.0 Å². The molecule has 0 amide bonds. The van der Waals surface area contributed by atoms with E-state index in [-0.39, 0.29) is 10.6 Å². The zero-order valence-corrected chi connectivity index (χ0v) is 28.3. The van der Waals surface area contributed by atoms with E-state index in [1.165, 1.54) is 23.3 Å². The Hall–Kier alpha value is -4.41. The van der Waals surface area contributed by atoms with Crippen molar-refractivity contribution in [1.82, 2.24) is 0 Å². The lowest BCUT2D eigenvalue weighted by Gasteiger charge is -2.24. The van der Waals surface area contributed by atoms with Crippen LogP contribution in [0.1, 0.15) is 41.7 Å². The molecule has 1 aliphatic rings. The first-order valence-electron chi connectivity index (χ1n) is 15.4. The van der Waals surface area contributed by atoms with Gasteiger partial charge >= 0.3 is 0 Å². The molecule has 2 unspecified atom stereocenters. The quantitative estimate of drug-likeness (QED) is 0.130. The molecule has 0 spiro atoms. The maximum atomic E-state index is 12.4. The van der Waals surface area contributed by atoms with E-state index in [0.717, 1.165) is 46.8 Å². The molecule has 47 heavy (non-hydrogen) atoms. The summed E-state index contributed by atoms with van der Waals surface area (Å²) < 4.78 is 48.1. The van der Waals surface area contributed by atoms with Crippen molar-refractivity contribution in [3.05, 3.63) is 149 Å². The van der Waals surface area contributed by atoms with Crippen molar-refractivity contribution in [2.75, 3.05) is 18.0 Å². The molecule has 5 rings (SSSR count). The minimum absolute atomic E-state index is 0.0131. The summed E-state index contributed by atoms with van der Waals surface area (Å²) in [5.74, 6) is -0.125. The largest absolute Gasteiger partial charge is 0.768 e. The van der Waals surface area contributed by atoms with Gasteiger partial charge in [0.1, 0.15) is 12.3 Å². The summed E-state index contributed by atoms with van der Waals surface area (Å²) in [6, 6.07) is 27.9. The molecule has 4 aromatic rings. The molecule has 0 radical (unpaired) electrons. The number of benzene rings is 4. The van der Waals surface area contributed by atoms with Gasteiger partial charge in [0.25, 0.3) is 0 Å². The molecule has 7 nitrogen and oxygen atoms in total. The van der Waals surface area contributed by atoms with E-state index < -0.39 is 22.2 Å². The number of aryl methyl sites for hydroxylation is 1. The third kappa shape index (κ3) is 8.31. The number of anilines is 1. The number of hydrogen-bond acceptors (Lipinski definition) is 5. The summed E-state index contributed by atoms with van der Waals surface area (Å²) >= 11 is -4.64. The molecule has 0 fully saturated rings. The van der Waals surface area contributed by atoms with E-state index in [0.29, 0.717) is 23.5 Å². The molecular weight excluding hydrogens is 629 g/mol. The van der Waals surface area contributed by atoms with Crippen molar-refractivity contribution < 1.29 is 27.2 Å². The predicted molar refractivity (Wildman–Crippen MR) is 189 cm³/mol. The molecule has 0 aliphatic heterocycles. The minimum atomic E-state index is -2.58. The Kier molecular flexibility index (Phi) is 11.2. The van der Waals surface area contributed by atoms with Gasteiger partial charge in [-0.05, 0) is 120 Å². The van der Waals surface area contributed by atoms with Crippen molar-refractivity contribution in [1.29, 1.82) is 0 Å². The van der Waals surface area contributed by atoms with Gasteiger partial charge in [-0.25, -0.2) is 8.78 Å². The van der Waals surface area contributed by atoms with E-state index in [4.69, 9.17) is 0 Å². The summed E-state index contributed by atoms with van der Waals surface area (Å²) in [5.41, 5.74) is 8.25. The fraction of sp³-hybridized carbons (Fsp3) is 0.184. The number of nitrogens with zero attached hydrogens (tertiary/aromatic N) is 2. The van der Waals surface area contributed by atoms with Gasteiger partial charge in [0, 0.05) is 41.4 Å². The monoisotopic (exact) mass is 666 g/mol. The Labute approximate surface area is 281 Å². The minimum Gasteiger partial charge on any atom is -0.768 e. The van der Waals surface area contributed by atoms with Crippen LogP contribution in [0.3, 0.4) is 0 Å². The molecule has 2 atom stereocenters. The summed E-state index contributed by atoms with van der Waals surface area (Å²) in [7, 11) is 0. The van der Waals surface area contributed by atoms with Crippen molar-refractivity contribution >= 4 is 39.1 Å². The first-order chi connectivity index (χ1) is 22.7. The van der Waals surface area contributed by atoms with E-state index in [1.54, 1.807) is 24.3 Å². The first kappa shape index (κ1) is 33.9. The van der Waals surface area contributed by atoms with Gasteiger partial charge in [0.15, 0.2) is 23.3 Å². The van der Waals surface area contributed by atoms with Crippen LogP contribution in [-0.2, 0) is 35.3 Å². The zero-order valence-electron chi connectivity index (χ0n) is 26.6. The normalized spacial score (nSPS) is 13.8. The van der Waals surface area contributed by atoms with Crippen LogP contribution in [0.5, 0.6) is 5.75 Å². The van der Waals surface area contributed by atoms with E-state index in [1.807, 2.05) is 49.4 Å². The second kappa shape index (κ2) is 15.5.